The van der Waals surface area contributed by atoms with Crippen LogP contribution in [0.25, 0.3) is 21.8 Å². The Labute approximate surface area is 127 Å². The van der Waals surface area contributed by atoms with Crippen LogP contribution in [0.4, 0.5) is 0 Å². The van der Waals surface area contributed by atoms with Crippen LogP contribution in [0.5, 0.6) is 0 Å². The van der Waals surface area contributed by atoms with E-state index in [1.165, 1.54) is 0 Å². The molecule has 2 aromatic heterocycles. The molecular weight excluding hydrogens is 291 g/mol. The Bertz CT molecular complexity index is 744. The van der Waals surface area contributed by atoms with Crippen LogP contribution in [0.15, 0.2) is 24.5 Å². The zero-order valence-corrected chi connectivity index (χ0v) is 12.9. The first kappa shape index (κ1) is 13.6. The van der Waals surface area contributed by atoms with Crippen LogP contribution in [0, 0.1) is 0 Å². The molecule has 0 atom stereocenters. The second-order valence-corrected chi connectivity index (χ2v) is 5.52. The van der Waals surface area contributed by atoms with Crippen molar-refractivity contribution < 1.29 is 0 Å². The maximum absolute atomic E-state index is 6.44. The van der Waals surface area contributed by atoms with Crippen molar-refractivity contribution in [3.63, 3.8) is 0 Å². The van der Waals surface area contributed by atoms with Crippen LogP contribution in [0.2, 0.25) is 10.0 Å². The fraction of sp³-hybridized carbons (Fsp3) is 0.250. The van der Waals surface area contributed by atoms with E-state index < -0.39 is 0 Å². The van der Waals surface area contributed by atoms with Crippen LogP contribution in [-0.4, -0.2) is 9.97 Å². The maximum Gasteiger partial charge on any atom is 0.0980 e. The minimum atomic E-state index is 0.761. The molecular formula is C16H14Cl2N2. The van der Waals surface area contributed by atoms with E-state index in [-0.39, 0.29) is 0 Å². The number of rotatable bonds is 2. The molecule has 0 spiro atoms. The van der Waals surface area contributed by atoms with Gasteiger partial charge in [0.1, 0.15) is 0 Å². The Morgan fingerprint density at radius 1 is 0.800 bits per heavy atom. The van der Waals surface area contributed by atoms with Gasteiger partial charge in [0.15, 0.2) is 0 Å². The molecule has 0 amide bonds. The fourth-order valence-corrected chi connectivity index (χ4v) is 3.10. The SMILES string of the molecule is CCc1cnc2c(ccc3c(Cl)c(CC)cnc32)c1Cl. The highest BCUT2D eigenvalue weighted by Crippen LogP contribution is 2.34. The van der Waals surface area contributed by atoms with Gasteiger partial charge >= 0.3 is 0 Å². The molecule has 0 bridgehead atoms. The molecule has 0 saturated heterocycles. The predicted molar refractivity (Wildman–Crippen MR) is 85.8 cm³/mol. The summed E-state index contributed by atoms with van der Waals surface area (Å²) in [5, 5.41) is 3.39. The maximum atomic E-state index is 6.44. The van der Waals surface area contributed by atoms with Crippen LogP contribution >= 0.6 is 23.2 Å². The minimum absolute atomic E-state index is 0.761. The molecule has 1 aromatic carbocycles. The lowest BCUT2D eigenvalue weighted by molar-refractivity contribution is 1.11. The summed E-state index contributed by atoms with van der Waals surface area (Å²) in [4.78, 5) is 9.06. The minimum Gasteiger partial charge on any atom is -0.254 e. The summed E-state index contributed by atoms with van der Waals surface area (Å²) in [5.74, 6) is 0. The zero-order chi connectivity index (χ0) is 14.3. The van der Waals surface area contributed by atoms with Gasteiger partial charge < -0.3 is 0 Å². The van der Waals surface area contributed by atoms with E-state index in [9.17, 15) is 0 Å². The van der Waals surface area contributed by atoms with Gasteiger partial charge in [-0.1, -0.05) is 49.2 Å². The summed E-state index contributed by atoms with van der Waals surface area (Å²) in [7, 11) is 0. The molecule has 2 nitrogen and oxygen atoms in total. The quantitative estimate of drug-likeness (QED) is 0.607. The number of fused-ring (bicyclic) bond motifs is 3. The number of aromatic nitrogens is 2. The van der Waals surface area contributed by atoms with Gasteiger partial charge in [-0.25, -0.2) is 0 Å². The third-order valence-electron chi connectivity index (χ3n) is 3.65. The molecule has 0 saturated carbocycles. The molecule has 0 aliphatic rings. The summed E-state index contributed by atoms with van der Waals surface area (Å²) < 4.78 is 0. The average molecular weight is 305 g/mol. The number of halogens is 2. The van der Waals surface area contributed by atoms with Crippen molar-refractivity contribution in [3.8, 4) is 0 Å². The van der Waals surface area contributed by atoms with Gasteiger partial charge in [0.05, 0.1) is 21.1 Å². The number of benzene rings is 1. The Morgan fingerprint density at radius 2 is 1.20 bits per heavy atom. The van der Waals surface area contributed by atoms with Gasteiger partial charge in [0, 0.05) is 23.2 Å². The van der Waals surface area contributed by atoms with E-state index in [0.717, 1.165) is 55.8 Å². The topological polar surface area (TPSA) is 25.8 Å². The zero-order valence-electron chi connectivity index (χ0n) is 11.4. The third-order valence-corrected chi connectivity index (χ3v) is 4.54. The highest BCUT2D eigenvalue weighted by molar-refractivity contribution is 6.39. The summed E-state index contributed by atoms with van der Waals surface area (Å²) >= 11 is 12.9. The normalized spacial score (nSPS) is 11.4. The van der Waals surface area contributed by atoms with E-state index >= 15 is 0 Å². The summed E-state index contributed by atoms with van der Waals surface area (Å²) in [6.45, 7) is 4.14. The highest BCUT2D eigenvalue weighted by Gasteiger charge is 2.12. The van der Waals surface area contributed by atoms with Crippen molar-refractivity contribution in [1.29, 1.82) is 0 Å². The van der Waals surface area contributed by atoms with E-state index in [2.05, 4.69) is 23.8 Å². The van der Waals surface area contributed by atoms with Gasteiger partial charge in [-0.05, 0) is 24.0 Å². The molecule has 0 N–H and O–H groups in total. The Kier molecular flexibility index (Phi) is 3.53. The van der Waals surface area contributed by atoms with Crippen molar-refractivity contribution in [2.75, 3.05) is 0 Å². The van der Waals surface area contributed by atoms with Gasteiger partial charge in [-0.3, -0.25) is 9.97 Å². The van der Waals surface area contributed by atoms with Crippen molar-refractivity contribution in [3.05, 3.63) is 45.7 Å². The molecule has 0 aliphatic heterocycles. The standard InChI is InChI=1S/C16H14Cl2N2/c1-3-9-7-19-15-11(13(9)17)5-6-12-14(18)10(4-2)8-20-16(12)15/h5-8H,3-4H2,1-2H3. The van der Waals surface area contributed by atoms with Gasteiger partial charge in [0.25, 0.3) is 0 Å². The highest BCUT2D eigenvalue weighted by atomic mass is 35.5. The van der Waals surface area contributed by atoms with Crippen LogP contribution in [0.1, 0.15) is 25.0 Å². The lowest BCUT2D eigenvalue weighted by Gasteiger charge is -2.10. The van der Waals surface area contributed by atoms with E-state index in [1.54, 1.807) is 0 Å². The lowest BCUT2D eigenvalue weighted by atomic mass is 10.1. The number of nitrogens with zero attached hydrogens (tertiary/aromatic N) is 2. The van der Waals surface area contributed by atoms with Crippen LogP contribution < -0.4 is 0 Å². The summed E-state index contributed by atoms with van der Waals surface area (Å²) in [6.07, 6.45) is 5.38. The van der Waals surface area contributed by atoms with Crippen molar-refractivity contribution in [1.82, 2.24) is 9.97 Å². The lowest BCUT2D eigenvalue weighted by Crippen LogP contribution is -1.93. The Morgan fingerprint density at radius 3 is 1.55 bits per heavy atom. The van der Waals surface area contributed by atoms with Crippen LogP contribution in [-0.2, 0) is 12.8 Å². The first-order valence-electron chi connectivity index (χ1n) is 6.70. The molecule has 102 valence electrons. The van der Waals surface area contributed by atoms with Crippen LogP contribution in [0.3, 0.4) is 0 Å². The molecule has 0 fully saturated rings. The fourth-order valence-electron chi connectivity index (χ4n) is 2.43. The second-order valence-electron chi connectivity index (χ2n) is 4.76. The van der Waals surface area contributed by atoms with Gasteiger partial charge in [0.2, 0.25) is 0 Å². The van der Waals surface area contributed by atoms with E-state index in [4.69, 9.17) is 23.2 Å². The predicted octanol–water partition coefficient (Wildman–Crippen LogP) is 5.21. The molecule has 2 heterocycles. The molecule has 20 heavy (non-hydrogen) atoms. The molecule has 3 aromatic rings. The first-order valence-corrected chi connectivity index (χ1v) is 7.46. The number of aryl methyl sites for hydroxylation is 2. The summed E-state index contributed by atoms with van der Waals surface area (Å²) in [5.41, 5.74) is 3.73. The van der Waals surface area contributed by atoms with Gasteiger partial charge in [-0.2, -0.15) is 0 Å². The molecule has 0 radical (unpaired) electrons. The number of hydrogen-bond donors (Lipinski definition) is 0. The smallest absolute Gasteiger partial charge is 0.0980 e. The third kappa shape index (κ3) is 1.95. The first-order chi connectivity index (χ1) is 9.67. The molecule has 0 unspecified atom stereocenters. The Hall–Kier alpha value is -1.38. The summed E-state index contributed by atoms with van der Waals surface area (Å²) in [6, 6.07) is 3.97. The number of hydrogen-bond acceptors (Lipinski definition) is 2. The van der Waals surface area contributed by atoms with E-state index in [0.29, 0.717) is 0 Å². The van der Waals surface area contributed by atoms with Crippen molar-refractivity contribution >= 4 is 45.0 Å². The number of pyridine rings is 2. The average Bonchev–Trinajstić information content (AvgIpc) is 2.48. The molecule has 0 aliphatic carbocycles. The monoisotopic (exact) mass is 304 g/mol. The largest absolute Gasteiger partial charge is 0.254 e. The van der Waals surface area contributed by atoms with Crippen molar-refractivity contribution in [2.45, 2.75) is 26.7 Å². The Balaban J connectivity index is 2.43. The molecule has 4 heteroatoms. The van der Waals surface area contributed by atoms with Crippen molar-refractivity contribution in [2.24, 2.45) is 0 Å². The van der Waals surface area contributed by atoms with E-state index in [1.807, 2.05) is 24.5 Å². The molecule has 3 rings (SSSR count). The van der Waals surface area contributed by atoms with Gasteiger partial charge in [-0.15, -0.1) is 0 Å². The second kappa shape index (κ2) is 5.19.